The van der Waals surface area contributed by atoms with Gasteiger partial charge in [0.25, 0.3) is 5.91 Å². The topological polar surface area (TPSA) is 84.0 Å². The largest absolute Gasteiger partial charge is 0.497 e. The van der Waals surface area contributed by atoms with Gasteiger partial charge in [0.1, 0.15) is 11.8 Å². The van der Waals surface area contributed by atoms with Gasteiger partial charge in [-0.05, 0) is 61.4 Å². The summed E-state index contributed by atoms with van der Waals surface area (Å²) in [6.45, 7) is 0. The van der Waals surface area contributed by atoms with Gasteiger partial charge in [-0.15, -0.1) is 0 Å². The number of carbonyl (C=O) groups excluding carboxylic acids is 2. The summed E-state index contributed by atoms with van der Waals surface area (Å²) in [4.78, 5) is 27.3. The van der Waals surface area contributed by atoms with E-state index in [1.807, 2.05) is 0 Å². The fourth-order valence-corrected chi connectivity index (χ4v) is 6.41. The van der Waals surface area contributed by atoms with Crippen LogP contribution < -0.4 is 9.64 Å². The molecule has 0 bridgehead atoms. The van der Waals surface area contributed by atoms with Crippen LogP contribution in [0.3, 0.4) is 0 Å². The minimum absolute atomic E-state index is 0.0857. The summed E-state index contributed by atoms with van der Waals surface area (Å²) in [6.07, 6.45) is 2.97. The number of amides is 2. The molecule has 0 N–H and O–H groups in total. The molecule has 1 atom stereocenters. The standard InChI is InChI=1S/C22H23BrN2O5S/c1-30-18-10-12-19(13-11-18)31(28,29)25(17-4-2-3-5-17)20-14-21(26)24(22(20)27)16-8-6-15(23)7-9-16/h6-13,17,20H,2-5,14H2,1H3. The maximum atomic E-state index is 13.6. The second-order valence-corrected chi connectivity index (χ2v) is 10.5. The summed E-state index contributed by atoms with van der Waals surface area (Å²) in [6, 6.07) is 11.6. The summed E-state index contributed by atoms with van der Waals surface area (Å²) >= 11 is 3.34. The third kappa shape index (κ3) is 4.14. The highest BCUT2D eigenvalue weighted by molar-refractivity contribution is 9.10. The predicted octanol–water partition coefficient (Wildman–Crippen LogP) is 3.72. The Bertz CT molecular complexity index is 1080. The van der Waals surface area contributed by atoms with Crippen LogP contribution in [0.4, 0.5) is 5.69 Å². The summed E-state index contributed by atoms with van der Waals surface area (Å²) in [5.74, 6) is -0.360. The fraction of sp³-hybridized carbons (Fsp3) is 0.364. The molecule has 1 saturated heterocycles. The first-order chi connectivity index (χ1) is 14.8. The minimum atomic E-state index is -3.99. The molecule has 2 aliphatic rings. The number of anilines is 1. The van der Waals surface area contributed by atoms with Crippen LogP contribution in [0.2, 0.25) is 0 Å². The van der Waals surface area contributed by atoms with E-state index in [-0.39, 0.29) is 17.4 Å². The number of methoxy groups -OCH3 is 1. The van der Waals surface area contributed by atoms with Gasteiger partial charge in [-0.1, -0.05) is 28.8 Å². The van der Waals surface area contributed by atoms with Crippen LogP contribution in [0.1, 0.15) is 32.1 Å². The molecule has 4 rings (SSSR count). The van der Waals surface area contributed by atoms with Crippen LogP contribution in [0.25, 0.3) is 0 Å². The lowest BCUT2D eigenvalue weighted by atomic mass is 10.2. The van der Waals surface area contributed by atoms with E-state index < -0.39 is 27.9 Å². The number of hydrogen-bond donors (Lipinski definition) is 0. The van der Waals surface area contributed by atoms with Gasteiger partial charge in [0.15, 0.2) is 0 Å². The number of halogens is 1. The lowest BCUT2D eigenvalue weighted by Gasteiger charge is -2.32. The SMILES string of the molecule is COc1ccc(S(=O)(=O)N(C2CCCC2)C2CC(=O)N(c3ccc(Br)cc3)C2=O)cc1. The molecule has 1 aliphatic heterocycles. The van der Waals surface area contributed by atoms with Gasteiger partial charge in [-0.2, -0.15) is 4.31 Å². The zero-order valence-electron chi connectivity index (χ0n) is 17.0. The van der Waals surface area contributed by atoms with Crippen molar-refractivity contribution in [3.05, 3.63) is 53.0 Å². The van der Waals surface area contributed by atoms with Crippen molar-refractivity contribution in [3.63, 3.8) is 0 Å². The quantitative estimate of drug-likeness (QED) is 0.557. The highest BCUT2D eigenvalue weighted by Gasteiger charge is 2.49. The first-order valence-electron chi connectivity index (χ1n) is 10.1. The lowest BCUT2D eigenvalue weighted by molar-refractivity contribution is -0.122. The Morgan fingerprint density at radius 2 is 1.61 bits per heavy atom. The minimum Gasteiger partial charge on any atom is -0.497 e. The van der Waals surface area contributed by atoms with E-state index >= 15 is 0 Å². The van der Waals surface area contributed by atoms with E-state index in [0.29, 0.717) is 24.3 Å². The Morgan fingerprint density at radius 1 is 1.00 bits per heavy atom. The molecule has 0 aromatic heterocycles. The molecule has 2 aromatic carbocycles. The van der Waals surface area contributed by atoms with Gasteiger partial charge in [-0.3, -0.25) is 9.59 Å². The molecule has 2 aromatic rings. The maximum absolute atomic E-state index is 13.6. The monoisotopic (exact) mass is 506 g/mol. The van der Waals surface area contributed by atoms with Gasteiger partial charge in [0.2, 0.25) is 15.9 Å². The van der Waals surface area contributed by atoms with Gasteiger partial charge in [-0.25, -0.2) is 13.3 Å². The lowest BCUT2D eigenvalue weighted by Crippen LogP contribution is -2.49. The molecule has 1 unspecified atom stereocenters. The number of nitrogens with zero attached hydrogens (tertiary/aromatic N) is 2. The third-order valence-electron chi connectivity index (χ3n) is 5.83. The first kappa shape index (κ1) is 22.0. The normalized spacial score (nSPS) is 20.1. The number of imide groups is 1. The number of sulfonamides is 1. The molecule has 0 radical (unpaired) electrons. The second kappa shape index (κ2) is 8.72. The van der Waals surface area contributed by atoms with Crippen molar-refractivity contribution in [1.82, 2.24) is 4.31 Å². The average Bonchev–Trinajstić information content (AvgIpc) is 3.38. The fourth-order valence-electron chi connectivity index (χ4n) is 4.32. The third-order valence-corrected chi connectivity index (χ3v) is 8.34. The molecule has 2 fully saturated rings. The molecule has 1 heterocycles. The molecule has 1 saturated carbocycles. The number of rotatable bonds is 6. The van der Waals surface area contributed by atoms with Gasteiger partial charge in [0, 0.05) is 10.5 Å². The van der Waals surface area contributed by atoms with Crippen LogP contribution >= 0.6 is 15.9 Å². The number of benzene rings is 2. The van der Waals surface area contributed by atoms with Crippen molar-refractivity contribution in [2.24, 2.45) is 0 Å². The van der Waals surface area contributed by atoms with E-state index in [9.17, 15) is 18.0 Å². The average molecular weight is 507 g/mol. The molecule has 0 spiro atoms. The second-order valence-electron chi connectivity index (χ2n) is 7.71. The number of ether oxygens (including phenoxy) is 1. The number of hydrogen-bond acceptors (Lipinski definition) is 5. The molecule has 7 nitrogen and oxygen atoms in total. The van der Waals surface area contributed by atoms with Gasteiger partial charge < -0.3 is 4.74 Å². The highest BCUT2D eigenvalue weighted by atomic mass is 79.9. The summed E-state index contributed by atoms with van der Waals surface area (Å²) < 4.78 is 34.5. The van der Waals surface area contributed by atoms with Crippen molar-refractivity contribution in [2.45, 2.75) is 49.1 Å². The van der Waals surface area contributed by atoms with Gasteiger partial charge >= 0.3 is 0 Å². The van der Waals surface area contributed by atoms with Crippen molar-refractivity contribution < 1.29 is 22.7 Å². The summed E-state index contributed by atoms with van der Waals surface area (Å²) in [5.41, 5.74) is 0.439. The Kier molecular flexibility index (Phi) is 6.18. The summed E-state index contributed by atoms with van der Waals surface area (Å²) in [7, 11) is -2.48. The van der Waals surface area contributed by atoms with Crippen LogP contribution in [0.5, 0.6) is 5.75 Å². The molecular weight excluding hydrogens is 484 g/mol. The Hall–Kier alpha value is -2.23. The summed E-state index contributed by atoms with van der Waals surface area (Å²) in [5, 5.41) is 0. The van der Waals surface area contributed by atoms with E-state index in [1.165, 1.54) is 23.5 Å². The molecule has 9 heteroatoms. The first-order valence-corrected chi connectivity index (χ1v) is 12.4. The zero-order chi connectivity index (χ0) is 22.2. The maximum Gasteiger partial charge on any atom is 0.252 e. The van der Waals surface area contributed by atoms with Crippen LogP contribution in [0.15, 0.2) is 57.9 Å². The number of carbonyl (C=O) groups is 2. The van der Waals surface area contributed by atoms with E-state index in [2.05, 4.69) is 15.9 Å². The molecule has 2 amide bonds. The van der Waals surface area contributed by atoms with E-state index in [1.54, 1.807) is 36.4 Å². The molecule has 31 heavy (non-hydrogen) atoms. The van der Waals surface area contributed by atoms with E-state index in [0.717, 1.165) is 22.2 Å². The van der Waals surface area contributed by atoms with Crippen LogP contribution in [-0.4, -0.2) is 43.7 Å². The van der Waals surface area contributed by atoms with Crippen LogP contribution in [-0.2, 0) is 19.6 Å². The van der Waals surface area contributed by atoms with Crippen LogP contribution in [0, 0.1) is 0 Å². The Morgan fingerprint density at radius 3 is 2.19 bits per heavy atom. The molecular formula is C22H23BrN2O5S. The highest BCUT2D eigenvalue weighted by Crippen LogP contribution is 2.36. The van der Waals surface area contributed by atoms with E-state index in [4.69, 9.17) is 4.74 Å². The smallest absolute Gasteiger partial charge is 0.252 e. The Balaban J connectivity index is 1.72. The van der Waals surface area contributed by atoms with Crippen molar-refractivity contribution >= 4 is 43.5 Å². The van der Waals surface area contributed by atoms with Crippen molar-refractivity contribution in [3.8, 4) is 5.75 Å². The van der Waals surface area contributed by atoms with Gasteiger partial charge in [0.05, 0.1) is 24.1 Å². The zero-order valence-corrected chi connectivity index (χ0v) is 19.4. The molecule has 164 valence electrons. The van der Waals surface area contributed by atoms with Crippen molar-refractivity contribution in [2.75, 3.05) is 12.0 Å². The van der Waals surface area contributed by atoms with Crippen molar-refractivity contribution in [1.29, 1.82) is 0 Å². The Labute approximate surface area is 190 Å². The molecule has 1 aliphatic carbocycles. The predicted molar refractivity (Wildman–Crippen MR) is 119 cm³/mol.